The summed E-state index contributed by atoms with van der Waals surface area (Å²) in [6, 6.07) is 0. The van der Waals surface area contributed by atoms with Gasteiger partial charge < -0.3 is 0 Å². The van der Waals surface area contributed by atoms with Crippen LogP contribution in [0.2, 0.25) is 0 Å². The minimum Gasteiger partial charge on any atom is -0.287 e. The number of hydrogen-bond acceptors (Lipinski definition) is 4. The lowest BCUT2D eigenvalue weighted by molar-refractivity contribution is 0.636. The van der Waals surface area contributed by atoms with Crippen molar-refractivity contribution in [3.8, 4) is 0 Å². The summed E-state index contributed by atoms with van der Waals surface area (Å²) in [6.07, 6.45) is 5.33. The Balaban J connectivity index is 2.41. The van der Waals surface area contributed by atoms with Crippen LogP contribution in [-0.4, -0.2) is 15.8 Å². The number of thioether (sulfide) groups is 1. The quantitative estimate of drug-likeness (QED) is 0.619. The van der Waals surface area contributed by atoms with Crippen molar-refractivity contribution in [2.24, 2.45) is 0 Å². The molecular weight excluding hydrogens is 252 g/mol. The molecule has 1 aliphatic rings. The number of rotatable bonds is 2. The monoisotopic (exact) mass is 266 g/mol. The Labute approximate surface area is 108 Å². The second-order valence-corrected chi connectivity index (χ2v) is 6.04. The summed E-state index contributed by atoms with van der Waals surface area (Å²) in [6.45, 7) is 2.70. The van der Waals surface area contributed by atoms with Crippen LogP contribution in [0.5, 0.6) is 0 Å². The van der Waals surface area contributed by atoms with Gasteiger partial charge in [-0.25, -0.2) is 4.98 Å². The van der Waals surface area contributed by atoms with Crippen LogP contribution in [0, 0.1) is 0 Å². The van der Waals surface area contributed by atoms with Gasteiger partial charge in [-0.3, -0.25) is 9.36 Å². The van der Waals surface area contributed by atoms with Crippen molar-refractivity contribution in [1.82, 2.24) is 9.55 Å². The molecule has 0 aromatic carbocycles. The largest absolute Gasteiger partial charge is 0.287 e. The van der Waals surface area contributed by atoms with Crippen LogP contribution >= 0.6 is 23.1 Å². The normalized spacial score (nSPS) is 14.5. The predicted molar refractivity (Wildman–Crippen MR) is 73.4 cm³/mol. The molecule has 5 heteroatoms. The highest BCUT2D eigenvalue weighted by atomic mass is 32.2. The van der Waals surface area contributed by atoms with Crippen molar-refractivity contribution in [2.45, 2.75) is 37.9 Å². The second kappa shape index (κ2) is 4.14. The molecule has 3 nitrogen and oxygen atoms in total. The Morgan fingerprint density at radius 2 is 2.29 bits per heavy atom. The molecule has 0 radical (unpaired) electrons. The zero-order chi connectivity index (χ0) is 12.0. The average Bonchev–Trinajstić information content (AvgIpc) is 2.87. The first-order valence-corrected chi connectivity index (χ1v) is 7.89. The lowest BCUT2D eigenvalue weighted by Crippen LogP contribution is -2.22. The molecular formula is C12H14N2OS2. The molecule has 0 saturated carbocycles. The van der Waals surface area contributed by atoms with Crippen molar-refractivity contribution in [3.63, 3.8) is 0 Å². The third-order valence-electron chi connectivity index (χ3n) is 3.29. The maximum Gasteiger partial charge on any atom is 0.263 e. The van der Waals surface area contributed by atoms with E-state index in [9.17, 15) is 4.79 Å². The lowest BCUT2D eigenvalue weighted by Gasteiger charge is -2.07. The molecule has 0 atom stereocenters. The Kier molecular flexibility index (Phi) is 2.75. The number of aryl methyl sites for hydroxylation is 2. The molecule has 0 amide bonds. The minimum atomic E-state index is 0.154. The van der Waals surface area contributed by atoms with E-state index in [2.05, 4.69) is 4.98 Å². The molecule has 2 heterocycles. The standard InChI is InChI=1S/C12H14N2OS2/c1-3-14-11(15)9-7-5-4-6-8(7)17-10(9)13-12(14)16-2/h3-6H2,1-2H3. The van der Waals surface area contributed by atoms with Crippen LogP contribution in [0.25, 0.3) is 10.2 Å². The fourth-order valence-electron chi connectivity index (χ4n) is 2.49. The molecule has 0 unspecified atom stereocenters. The number of thiophene rings is 1. The van der Waals surface area contributed by atoms with Crippen LogP contribution in [0.3, 0.4) is 0 Å². The molecule has 17 heavy (non-hydrogen) atoms. The summed E-state index contributed by atoms with van der Waals surface area (Å²) in [5, 5.41) is 1.73. The van der Waals surface area contributed by atoms with Gasteiger partial charge in [-0.1, -0.05) is 11.8 Å². The molecule has 3 rings (SSSR count). The van der Waals surface area contributed by atoms with E-state index in [1.807, 2.05) is 13.2 Å². The molecule has 90 valence electrons. The topological polar surface area (TPSA) is 34.9 Å². The van der Waals surface area contributed by atoms with Gasteiger partial charge in [0, 0.05) is 11.4 Å². The summed E-state index contributed by atoms with van der Waals surface area (Å²) in [7, 11) is 0. The number of aromatic nitrogens is 2. The zero-order valence-electron chi connectivity index (χ0n) is 9.95. The van der Waals surface area contributed by atoms with Gasteiger partial charge in [0.05, 0.1) is 5.39 Å². The van der Waals surface area contributed by atoms with Gasteiger partial charge in [0.25, 0.3) is 5.56 Å². The number of nitrogens with zero attached hydrogens (tertiary/aromatic N) is 2. The summed E-state index contributed by atoms with van der Waals surface area (Å²) < 4.78 is 1.79. The van der Waals surface area contributed by atoms with E-state index in [-0.39, 0.29) is 5.56 Å². The Hall–Kier alpha value is -0.810. The summed E-state index contributed by atoms with van der Waals surface area (Å²) in [5.41, 5.74) is 1.43. The Bertz CT molecular complexity index is 642. The third-order valence-corrected chi connectivity index (χ3v) is 5.15. The van der Waals surface area contributed by atoms with Crippen molar-refractivity contribution in [3.05, 3.63) is 20.8 Å². The average molecular weight is 266 g/mol. The van der Waals surface area contributed by atoms with E-state index < -0.39 is 0 Å². The van der Waals surface area contributed by atoms with E-state index in [0.717, 1.165) is 28.2 Å². The van der Waals surface area contributed by atoms with Crippen molar-refractivity contribution in [1.29, 1.82) is 0 Å². The zero-order valence-corrected chi connectivity index (χ0v) is 11.6. The summed E-state index contributed by atoms with van der Waals surface area (Å²) in [5.74, 6) is 0. The molecule has 1 aliphatic carbocycles. The first-order valence-electron chi connectivity index (χ1n) is 5.85. The van der Waals surface area contributed by atoms with Gasteiger partial charge in [0.1, 0.15) is 4.83 Å². The predicted octanol–water partition coefficient (Wildman–Crippen LogP) is 2.69. The second-order valence-electron chi connectivity index (χ2n) is 4.19. The molecule has 0 spiro atoms. The smallest absolute Gasteiger partial charge is 0.263 e. The molecule has 0 fully saturated rings. The van der Waals surface area contributed by atoms with Crippen LogP contribution in [-0.2, 0) is 19.4 Å². The Morgan fingerprint density at radius 3 is 3.00 bits per heavy atom. The highest BCUT2D eigenvalue weighted by Gasteiger charge is 2.22. The number of fused-ring (bicyclic) bond motifs is 3. The van der Waals surface area contributed by atoms with Gasteiger partial charge in [-0.05, 0) is 38.0 Å². The molecule has 2 aromatic rings. The SMILES string of the molecule is CCn1c(SC)nc2sc3c(c2c1=O)CCC3. The maximum absolute atomic E-state index is 12.5. The fraction of sp³-hybridized carbons (Fsp3) is 0.500. The van der Waals surface area contributed by atoms with Gasteiger partial charge >= 0.3 is 0 Å². The third kappa shape index (κ3) is 1.56. The molecule has 0 saturated heterocycles. The molecule has 2 aromatic heterocycles. The summed E-state index contributed by atoms with van der Waals surface area (Å²) in [4.78, 5) is 19.4. The number of hydrogen-bond donors (Lipinski definition) is 0. The fourth-order valence-corrected chi connectivity index (χ4v) is 4.42. The van der Waals surface area contributed by atoms with Gasteiger partial charge in [0.2, 0.25) is 0 Å². The lowest BCUT2D eigenvalue weighted by atomic mass is 10.2. The van der Waals surface area contributed by atoms with Crippen LogP contribution in [0.15, 0.2) is 9.95 Å². The van der Waals surface area contributed by atoms with Crippen LogP contribution in [0.4, 0.5) is 0 Å². The molecule has 0 N–H and O–H groups in total. The molecule has 0 bridgehead atoms. The van der Waals surface area contributed by atoms with Gasteiger partial charge in [-0.2, -0.15) is 0 Å². The maximum atomic E-state index is 12.5. The van der Waals surface area contributed by atoms with E-state index in [1.54, 1.807) is 27.7 Å². The van der Waals surface area contributed by atoms with Crippen LogP contribution in [0.1, 0.15) is 23.8 Å². The van der Waals surface area contributed by atoms with Crippen molar-refractivity contribution in [2.75, 3.05) is 6.26 Å². The van der Waals surface area contributed by atoms with Crippen LogP contribution < -0.4 is 5.56 Å². The van der Waals surface area contributed by atoms with Crippen molar-refractivity contribution >= 4 is 33.3 Å². The van der Waals surface area contributed by atoms with Gasteiger partial charge in [-0.15, -0.1) is 11.3 Å². The first kappa shape index (κ1) is 11.3. The van der Waals surface area contributed by atoms with E-state index in [0.29, 0.717) is 6.54 Å². The Morgan fingerprint density at radius 1 is 1.47 bits per heavy atom. The highest BCUT2D eigenvalue weighted by Crippen LogP contribution is 2.35. The van der Waals surface area contributed by atoms with E-state index >= 15 is 0 Å². The first-order chi connectivity index (χ1) is 8.26. The van der Waals surface area contributed by atoms with E-state index in [4.69, 9.17) is 0 Å². The summed E-state index contributed by atoms with van der Waals surface area (Å²) >= 11 is 3.26. The molecule has 0 aliphatic heterocycles. The highest BCUT2D eigenvalue weighted by molar-refractivity contribution is 7.98. The van der Waals surface area contributed by atoms with Crippen molar-refractivity contribution < 1.29 is 0 Å². The van der Waals surface area contributed by atoms with E-state index in [1.165, 1.54) is 16.9 Å². The minimum absolute atomic E-state index is 0.154. The van der Waals surface area contributed by atoms with Gasteiger partial charge in [0.15, 0.2) is 5.16 Å².